The molecule has 0 aliphatic rings. The first-order chi connectivity index (χ1) is 12.3. The molecule has 2 rings (SSSR count). The number of hydrogen-bond donors (Lipinski definition) is 2. The third-order valence-corrected chi connectivity index (χ3v) is 4.28. The number of rotatable bonds is 8. The molecule has 0 radical (unpaired) electrons. The number of aryl methyl sites for hydroxylation is 2. The molecule has 10 heteroatoms. The van der Waals surface area contributed by atoms with E-state index in [2.05, 4.69) is 10.3 Å². The molecule has 2 aromatic rings. The highest BCUT2D eigenvalue weighted by Gasteiger charge is 2.20. The van der Waals surface area contributed by atoms with Crippen LogP contribution in [0.3, 0.4) is 0 Å². The van der Waals surface area contributed by atoms with Crippen LogP contribution < -0.4 is 16.6 Å². The monoisotopic (exact) mass is 365 g/mol. The highest BCUT2D eigenvalue weighted by Crippen LogP contribution is 2.07. The molecule has 26 heavy (non-hydrogen) atoms. The number of aliphatic carboxylic acids is 1. The van der Waals surface area contributed by atoms with Crippen molar-refractivity contribution >= 4 is 23.0 Å². The van der Waals surface area contributed by atoms with E-state index in [1.807, 2.05) is 6.92 Å². The van der Waals surface area contributed by atoms with E-state index < -0.39 is 29.2 Å². The van der Waals surface area contributed by atoms with Gasteiger partial charge in [-0.2, -0.15) is 0 Å². The van der Waals surface area contributed by atoms with Gasteiger partial charge in [0.05, 0.1) is 6.33 Å². The van der Waals surface area contributed by atoms with E-state index in [0.29, 0.717) is 12.8 Å². The molecule has 142 valence electrons. The van der Waals surface area contributed by atoms with Gasteiger partial charge in [-0.3, -0.25) is 18.7 Å². The first-order valence-electron chi connectivity index (χ1n) is 8.41. The van der Waals surface area contributed by atoms with Gasteiger partial charge in [-0.05, 0) is 6.42 Å². The standard InChI is InChI=1S/C16H23N5O5/c1-4-5-6-10(15(24)25)18-11(22)7-8-21-9-17-13-12(21)14(23)20(3)16(26)19(13)2/h9-10H,4-8H2,1-3H3,(H,18,22)(H,24,25). The molecule has 0 aliphatic carbocycles. The number of carbonyl (C=O) groups is 2. The van der Waals surface area contributed by atoms with Gasteiger partial charge < -0.3 is 15.0 Å². The molecule has 2 N–H and O–H groups in total. The second kappa shape index (κ2) is 7.98. The molecule has 0 spiro atoms. The maximum Gasteiger partial charge on any atom is 0.332 e. The molecule has 0 saturated carbocycles. The van der Waals surface area contributed by atoms with Crippen molar-refractivity contribution in [2.45, 2.75) is 45.2 Å². The quantitative estimate of drug-likeness (QED) is 0.654. The summed E-state index contributed by atoms with van der Waals surface area (Å²) in [6.45, 7) is 2.09. The van der Waals surface area contributed by atoms with Crippen LogP contribution >= 0.6 is 0 Å². The van der Waals surface area contributed by atoms with Gasteiger partial charge in [-0.15, -0.1) is 0 Å². The predicted octanol–water partition coefficient (Wildman–Crippen LogP) is -0.417. The molecular formula is C16H23N5O5. The van der Waals surface area contributed by atoms with Crippen molar-refractivity contribution in [1.29, 1.82) is 0 Å². The first kappa shape index (κ1) is 19.4. The van der Waals surface area contributed by atoms with Crippen molar-refractivity contribution in [2.75, 3.05) is 0 Å². The van der Waals surface area contributed by atoms with Crippen LogP contribution in [-0.2, 0) is 30.2 Å². The number of unbranched alkanes of at least 4 members (excludes halogenated alkanes) is 1. The van der Waals surface area contributed by atoms with Crippen LogP contribution in [0, 0.1) is 0 Å². The number of nitrogens with zero attached hydrogens (tertiary/aromatic N) is 4. The number of nitrogens with one attached hydrogen (secondary N) is 1. The van der Waals surface area contributed by atoms with Crippen LogP contribution in [0.2, 0.25) is 0 Å². The number of carboxylic acid groups (broad SMARTS) is 1. The van der Waals surface area contributed by atoms with Crippen molar-refractivity contribution < 1.29 is 14.7 Å². The topological polar surface area (TPSA) is 128 Å². The number of carboxylic acids is 1. The Morgan fingerprint density at radius 1 is 1.27 bits per heavy atom. The third-order valence-electron chi connectivity index (χ3n) is 4.28. The summed E-state index contributed by atoms with van der Waals surface area (Å²) < 4.78 is 3.74. The van der Waals surface area contributed by atoms with Crippen LogP contribution in [0.15, 0.2) is 15.9 Å². The largest absolute Gasteiger partial charge is 0.480 e. The van der Waals surface area contributed by atoms with Crippen molar-refractivity contribution in [3.8, 4) is 0 Å². The molecule has 0 aliphatic heterocycles. The third kappa shape index (κ3) is 3.84. The Balaban J connectivity index is 2.15. The molecular weight excluding hydrogens is 342 g/mol. The normalized spacial score (nSPS) is 12.3. The number of aromatic nitrogens is 4. The molecule has 0 aromatic carbocycles. The van der Waals surface area contributed by atoms with Gasteiger partial charge >= 0.3 is 11.7 Å². The molecule has 0 saturated heterocycles. The van der Waals surface area contributed by atoms with Crippen LogP contribution in [0.5, 0.6) is 0 Å². The Labute approximate surface area is 149 Å². The van der Waals surface area contributed by atoms with E-state index in [-0.39, 0.29) is 24.1 Å². The van der Waals surface area contributed by atoms with Crippen LogP contribution in [0.1, 0.15) is 32.6 Å². The first-order valence-corrected chi connectivity index (χ1v) is 8.41. The number of carbonyl (C=O) groups excluding carboxylic acids is 1. The molecule has 1 unspecified atom stereocenters. The van der Waals surface area contributed by atoms with Gasteiger partial charge in [0.15, 0.2) is 11.2 Å². The number of hydrogen-bond acceptors (Lipinski definition) is 5. The van der Waals surface area contributed by atoms with Crippen molar-refractivity contribution in [1.82, 2.24) is 24.0 Å². The molecule has 0 bridgehead atoms. The average molecular weight is 365 g/mol. The fraction of sp³-hybridized carbons (Fsp3) is 0.562. The summed E-state index contributed by atoms with van der Waals surface area (Å²) in [4.78, 5) is 51.6. The summed E-state index contributed by atoms with van der Waals surface area (Å²) in [5.41, 5.74) is -0.508. The number of amides is 1. The summed E-state index contributed by atoms with van der Waals surface area (Å²) in [5, 5.41) is 11.7. The maximum absolute atomic E-state index is 12.3. The Kier molecular flexibility index (Phi) is 5.96. The summed E-state index contributed by atoms with van der Waals surface area (Å²) in [6, 6.07) is -0.921. The lowest BCUT2D eigenvalue weighted by Crippen LogP contribution is -2.41. The van der Waals surface area contributed by atoms with E-state index in [9.17, 15) is 19.2 Å². The SMILES string of the molecule is CCCCC(NC(=O)CCn1cnc2c1c(=O)n(C)c(=O)n2C)C(=O)O. The minimum atomic E-state index is -1.07. The molecule has 1 amide bonds. The Bertz CT molecular complexity index is 939. The van der Waals surface area contributed by atoms with Crippen LogP contribution in [0.25, 0.3) is 11.2 Å². The minimum Gasteiger partial charge on any atom is -0.480 e. The minimum absolute atomic E-state index is 0.00659. The number of fused-ring (bicyclic) bond motifs is 1. The lowest BCUT2D eigenvalue weighted by molar-refractivity contribution is -0.142. The molecule has 2 aromatic heterocycles. The zero-order valence-corrected chi connectivity index (χ0v) is 15.1. The summed E-state index contributed by atoms with van der Waals surface area (Å²) in [6.07, 6.45) is 3.29. The lowest BCUT2D eigenvalue weighted by Gasteiger charge is -2.14. The smallest absolute Gasteiger partial charge is 0.332 e. The molecule has 2 heterocycles. The van der Waals surface area contributed by atoms with E-state index >= 15 is 0 Å². The zero-order valence-electron chi connectivity index (χ0n) is 15.1. The van der Waals surface area contributed by atoms with Crippen molar-refractivity contribution in [3.05, 3.63) is 27.2 Å². The van der Waals surface area contributed by atoms with E-state index in [4.69, 9.17) is 5.11 Å². The second-order valence-electron chi connectivity index (χ2n) is 6.17. The van der Waals surface area contributed by atoms with Gasteiger partial charge in [-0.25, -0.2) is 14.6 Å². The summed E-state index contributed by atoms with van der Waals surface area (Å²) >= 11 is 0. The Hall–Kier alpha value is -2.91. The summed E-state index contributed by atoms with van der Waals surface area (Å²) in [7, 11) is 2.89. The second-order valence-corrected chi connectivity index (χ2v) is 6.17. The zero-order chi connectivity index (χ0) is 19.4. The van der Waals surface area contributed by atoms with E-state index in [0.717, 1.165) is 11.0 Å². The molecule has 1 atom stereocenters. The molecule has 0 fully saturated rings. The van der Waals surface area contributed by atoms with Crippen molar-refractivity contribution in [2.24, 2.45) is 14.1 Å². The molecule has 10 nitrogen and oxygen atoms in total. The number of imidazole rings is 1. The predicted molar refractivity (Wildman–Crippen MR) is 93.9 cm³/mol. The van der Waals surface area contributed by atoms with Gasteiger partial charge in [0.25, 0.3) is 5.56 Å². The average Bonchev–Trinajstić information content (AvgIpc) is 3.03. The fourth-order valence-electron chi connectivity index (χ4n) is 2.72. The van der Waals surface area contributed by atoms with E-state index in [1.165, 1.54) is 29.6 Å². The summed E-state index contributed by atoms with van der Waals surface area (Å²) in [5.74, 6) is -1.49. The van der Waals surface area contributed by atoms with Crippen molar-refractivity contribution in [3.63, 3.8) is 0 Å². The Morgan fingerprint density at radius 2 is 1.96 bits per heavy atom. The highest BCUT2D eigenvalue weighted by molar-refractivity contribution is 5.83. The van der Waals surface area contributed by atoms with Gasteiger partial charge in [-0.1, -0.05) is 19.8 Å². The van der Waals surface area contributed by atoms with E-state index in [1.54, 1.807) is 0 Å². The maximum atomic E-state index is 12.3. The van der Waals surface area contributed by atoms with Gasteiger partial charge in [0.1, 0.15) is 6.04 Å². The highest BCUT2D eigenvalue weighted by atomic mass is 16.4. The van der Waals surface area contributed by atoms with Crippen LogP contribution in [0.4, 0.5) is 0 Å². The van der Waals surface area contributed by atoms with Gasteiger partial charge in [0, 0.05) is 27.1 Å². The Morgan fingerprint density at radius 3 is 2.58 bits per heavy atom. The fourth-order valence-corrected chi connectivity index (χ4v) is 2.72. The lowest BCUT2D eigenvalue weighted by atomic mass is 10.1. The van der Waals surface area contributed by atoms with Crippen LogP contribution in [-0.4, -0.2) is 41.7 Å². The van der Waals surface area contributed by atoms with Gasteiger partial charge in [0.2, 0.25) is 5.91 Å².